The Labute approximate surface area is 101 Å². The molecule has 0 aliphatic heterocycles. The first-order valence-electron chi connectivity index (χ1n) is 5.76. The van der Waals surface area contributed by atoms with Crippen molar-refractivity contribution in [2.24, 2.45) is 5.73 Å². The van der Waals surface area contributed by atoms with Crippen molar-refractivity contribution in [3.8, 4) is 0 Å². The molecule has 0 fully saturated rings. The number of carboxylic acid groups (broad SMARTS) is 1. The van der Waals surface area contributed by atoms with Crippen LogP contribution in [0.5, 0.6) is 0 Å². The van der Waals surface area contributed by atoms with Crippen LogP contribution in [-0.2, 0) is 4.79 Å². The highest BCUT2D eigenvalue weighted by Gasteiger charge is 2.17. The summed E-state index contributed by atoms with van der Waals surface area (Å²) in [7, 11) is 0. The van der Waals surface area contributed by atoms with Crippen molar-refractivity contribution < 1.29 is 9.90 Å². The van der Waals surface area contributed by atoms with Gasteiger partial charge in [-0.25, -0.2) is 4.79 Å². The molecule has 0 saturated carbocycles. The highest BCUT2D eigenvalue weighted by molar-refractivity contribution is 5.77. The van der Waals surface area contributed by atoms with E-state index in [4.69, 9.17) is 10.8 Å². The van der Waals surface area contributed by atoms with Gasteiger partial charge in [0.25, 0.3) is 0 Å². The number of rotatable bonds is 7. The number of pyridine rings is 1. The maximum absolute atomic E-state index is 11.1. The molecule has 94 valence electrons. The van der Waals surface area contributed by atoms with Crippen LogP contribution in [-0.4, -0.2) is 28.6 Å². The molecule has 1 rings (SSSR count). The van der Waals surface area contributed by atoms with Crippen molar-refractivity contribution in [1.82, 2.24) is 4.98 Å². The third-order valence-electron chi connectivity index (χ3n) is 2.58. The van der Waals surface area contributed by atoms with Crippen LogP contribution >= 0.6 is 0 Å². The lowest BCUT2D eigenvalue weighted by Gasteiger charge is -2.16. The molecule has 5 nitrogen and oxygen atoms in total. The van der Waals surface area contributed by atoms with E-state index < -0.39 is 12.0 Å². The molecule has 0 radical (unpaired) electrons. The SMILES string of the molecule is Cc1ncccc1N[C@@H](CCCCN)C(=O)O. The summed E-state index contributed by atoms with van der Waals surface area (Å²) < 4.78 is 0. The van der Waals surface area contributed by atoms with Gasteiger partial charge in [0.05, 0.1) is 11.4 Å². The van der Waals surface area contributed by atoms with Crippen LogP contribution in [0.3, 0.4) is 0 Å². The number of nitrogens with one attached hydrogen (secondary N) is 1. The van der Waals surface area contributed by atoms with Crippen LogP contribution in [0.2, 0.25) is 0 Å². The van der Waals surface area contributed by atoms with E-state index in [0.717, 1.165) is 24.2 Å². The van der Waals surface area contributed by atoms with E-state index in [0.29, 0.717) is 13.0 Å². The predicted octanol–water partition coefficient (Wildman–Crippen LogP) is 1.38. The van der Waals surface area contributed by atoms with Crippen LogP contribution in [0.1, 0.15) is 25.0 Å². The molecule has 0 spiro atoms. The molecular weight excluding hydrogens is 218 g/mol. The smallest absolute Gasteiger partial charge is 0.326 e. The van der Waals surface area contributed by atoms with Crippen LogP contribution in [0.4, 0.5) is 5.69 Å². The number of hydrogen-bond donors (Lipinski definition) is 3. The number of unbranched alkanes of at least 4 members (excludes halogenated alkanes) is 1. The molecular formula is C12H19N3O2. The minimum atomic E-state index is -0.842. The number of aliphatic carboxylic acids is 1. The van der Waals surface area contributed by atoms with Crippen molar-refractivity contribution in [2.45, 2.75) is 32.2 Å². The molecule has 1 aromatic heterocycles. The zero-order chi connectivity index (χ0) is 12.7. The summed E-state index contributed by atoms with van der Waals surface area (Å²) >= 11 is 0. The average molecular weight is 237 g/mol. The second kappa shape index (κ2) is 6.85. The number of hydrogen-bond acceptors (Lipinski definition) is 4. The first kappa shape index (κ1) is 13.4. The fraction of sp³-hybridized carbons (Fsp3) is 0.500. The maximum Gasteiger partial charge on any atom is 0.326 e. The summed E-state index contributed by atoms with van der Waals surface area (Å²) in [6.45, 7) is 2.44. The predicted molar refractivity (Wildman–Crippen MR) is 66.9 cm³/mol. The van der Waals surface area contributed by atoms with Crippen LogP contribution in [0, 0.1) is 6.92 Å². The van der Waals surface area contributed by atoms with Crippen LogP contribution < -0.4 is 11.1 Å². The number of carbonyl (C=O) groups is 1. The van der Waals surface area contributed by atoms with E-state index in [1.54, 1.807) is 12.3 Å². The van der Waals surface area contributed by atoms with E-state index in [9.17, 15) is 4.79 Å². The van der Waals surface area contributed by atoms with Crippen LogP contribution in [0.25, 0.3) is 0 Å². The lowest BCUT2D eigenvalue weighted by atomic mass is 10.1. The largest absolute Gasteiger partial charge is 0.480 e. The number of anilines is 1. The number of aromatic nitrogens is 1. The highest BCUT2D eigenvalue weighted by atomic mass is 16.4. The van der Waals surface area contributed by atoms with Gasteiger partial charge in [0.2, 0.25) is 0 Å². The van der Waals surface area contributed by atoms with Gasteiger partial charge in [-0.05, 0) is 44.9 Å². The van der Waals surface area contributed by atoms with Crippen molar-refractivity contribution in [2.75, 3.05) is 11.9 Å². The summed E-state index contributed by atoms with van der Waals surface area (Å²) in [6, 6.07) is 3.04. The Morgan fingerprint density at radius 2 is 2.35 bits per heavy atom. The standard InChI is InChI=1S/C12H19N3O2/c1-9-10(6-4-8-14-9)15-11(12(16)17)5-2-3-7-13/h4,6,8,11,15H,2-3,5,7,13H2,1H3,(H,16,17)/t11-/m0/s1. The molecule has 5 heteroatoms. The van der Waals surface area contributed by atoms with E-state index >= 15 is 0 Å². The monoisotopic (exact) mass is 237 g/mol. The Morgan fingerprint density at radius 3 is 2.94 bits per heavy atom. The third-order valence-corrected chi connectivity index (χ3v) is 2.58. The zero-order valence-corrected chi connectivity index (χ0v) is 10.0. The van der Waals surface area contributed by atoms with Crippen molar-refractivity contribution in [3.63, 3.8) is 0 Å². The average Bonchev–Trinajstić information content (AvgIpc) is 2.30. The van der Waals surface area contributed by atoms with Crippen molar-refractivity contribution in [1.29, 1.82) is 0 Å². The number of carboxylic acids is 1. The third kappa shape index (κ3) is 4.40. The fourth-order valence-electron chi connectivity index (χ4n) is 1.57. The molecule has 0 bridgehead atoms. The van der Waals surface area contributed by atoms with E-state index in [-0.39, 0.29) is 0 Å². The number of aryl methyl sites for hydroxylation is 1. The Kier molecular flexibility index (Phi) is 5.42. The van der Waals surface area contributed by atoms with E-state index in [2.05, 4.69) is 10.3 Å². The van der Waals surface area contributed by atoms with E-state index in [1.165, 1.54) is 0 Å². The molecule has 0 saturated heterocycles. The zero-order valence-electron chi connectivity index (χ0n) is 10.0. The Hall–Kier alpha value is -1.62. The lowest BCUT2D eigenvalue weighted by Crippen LogP contribution is -2.29. The second-order valence-electron chi connectivity index (χ2n) is 3.96. The Balaban J connectivity index is 2.61. The van der Waals surface area contributed by atoms with Gasteiger partial charge in [-0.2, -0.15) is 0 Å². The number of nitrogens with zero attached hydrogens (tertiary/aromatic N) is 1. The molecule has 4 N–H and O–H groups in total. The minimum Gasteiger partial charge on any atom is -0.480 e. The second-order valence-corrected chi connectivity index (χ2v) is 3.96. The Morgan fingerprint density at radius 1 is 1.59 bits per heavy atom. The highest BCUT2D eigenvalue weighted by Crippen LogP contribution is 2.14. The van der Waals surface area contributed by atoms with Gasteiger partial charge in [-0.1, -0.05) is 0 Å². The minimum absolute atomic E-state index is 0.570. The van der Waals surface area contributed by atoms with Crippen LogP contribution in [0.15, 0.2) is 18.3 Å². The first-order chi connectivity index (χ1) is 8.15. The number of nitrogens with two attached hydrogens (primary N) is 1. The van der Waals surface area contributed by atoms with Gasteiger partial charge in [0.1, 0.15) is 6.04 Å². The molecule has 1 atom stereocenters. The maximum atomic E-state index is 11.1. The topological polar surface area (TPSA) is 88.2 Å². The van der Waals surface area contributed by atoms with Gasteiger partial charge in [-0.15, -0.1) is 0 Å². The molecule has 0 aromatic carbocycles. The molecule has 0 unspecified atom stereocenters. The molecule has 1 aromatic rings. The molecule has 17 heavy (non-hydrogen) atoms. The van der Waals surface area contributed by atoms with Gasteiger partial charge < -0.3 is 16.2 Å². The van der Waals surface area contributed by atoms with Gasteiger partial charge in [0.15, 0.2) is 0 Å². The quantitative estimate of drug-likeness (QED) is 0.623. The summed E-state index contributed by atoms with van der Waals surface area (Å²) in [5.74, 6) is -0.842. The van der Waals surface area contributed by atoms with Gasteiger partial charge in [-0.3, -0.25) is 4.98 Å². The molecule has 1 heterocycles. The van der Waals surface area contributed by atoms with E-state index in [1.807, 2.05) is 13.0 Å². The molecule has 0 aliphatic rings. The summed E-state index contributed by atoms with van der Waals surface area (Å²) in [4.78, 5) is 15.2. The normalized spacial score (nSPS) is 12.1. The summed E-state index contributed by atoms with van der Waals surface area (Å²) in [6.07, 6.45) is 3.91. The molecule has 0 aliphatic carbocycles. The Bertz CT molecular complexity index is 369. The van der Waals surface area contributed by atoms with Crippen molar-refractivity contribution >= 4 is 11.7 Å². The van der Waals surface area contributed by atoms with Gasteiger partial charge >= 0.3 is 5.97 Å². The first-order valence-corrected chi connectivity index (χ1v) is 5.76. The molecule has 0 amide bonds. The lowest BCUT2D eigenvalue weighted by molar-refractivity contribution is -0.138. The fourth-order valence-corrected chi connectivity index (χ4v) is 1.57. The summed E-state index contributed by atoms with van der Waals surface area (Å²) in [5.41, 5.74) is 6.96. The summed E-state index contributed by atoms with van der Waals surface area (Å²) in [5, 5.41) is 12.1. The van der Waals surface area contributed by atoms with Crippen molar-refractivity contribution in [3.05, 3.63) is 24.0 Å². The van der Waals surface area contributed by atoms with Gasteiger partial charge in [0, 0.05) is 6.20 Å².